The van der Waals surface area contributed by atoms with Gasteiger partial charge in [0, 0.05) is 19.2 Å². The summed E-state index contributed by atoms with van der Waals surface area (Å²) in [5.41, 5.74) is 1.82. The average molecular weight is 349 g/mol. The minimum Gasteiger partial charge on any atom is -0.495 e. The van der Waals surface area contributed by atoms with Gasteiger partial charge in [-0.25, -0.2) is 0 Å². The number of nitrogens with one attached hydrogen (secondary N) is 2. The first-order chi connectivity index (χ1) is 11.9. The number of benzene rings is 1. The van der Waals surface area contributed by atoms with Gasteiger partial charge in [0.15, 0.2) is 0 Å². The van der Waals surface area contributed by atoms with E-state index < -0.39 is 6.10 Å². The average Bonchev–Trinajstić information content (AvgIpc) is 3.06. The van der Waals surface area contributed by atoms with Crippen molar-refractivity contribution in [2.45, 2.75) is 26.4 Å². The van der Waals surface area contributed by atoms with Crippen molar-refractivity contribution < 1.29 is 23.9 Å². The molecule has 2 amide bonds. The van der Waals surface area contributed by atoms with Crippen LogP contribution in [-0.2, 0) is 19.2 Å². The van der Waals surface area contributed by atoms with Gasteiger partial charge in [-0.15, -0.1) is 0 Å². The lowest BCUT2D eigenvalue weighted by molar-refractivity contribution is -0.125. The Labute approximate surface area is 146 Å². The third kappa shape index (κ3) is 4.93. The molecule has 0 aliphatic carbocycles. The van der Waals surface area contributed by atoms with Crippen LogP contribution in [-0.4, -0.2) is 44.5 Å². The number of carbonyl (C=O) groups is 2. The predicted molar refractivity (Wildman–Crippen MR) is 93.9 cm³/mol. The van der Waals surface area contributed by atoms with E-state index in [2.05, 4.69) is 15.8 Å². The Balaban J connectivity index is 2.04. The number of amides is 2. The molecule has 0 bridgehead atoms. The monoisotopic (exact) mass is 349 g/mol. The van der Waals surface area contributed by atoms with Gasteiger partial charge in [-0.1, -0.05) is 19.0 Å². The second-order valence-corrected chi connectivity index (χ2v) is 5.92. The summed E-state index contributed by atoms with van der Waals surface area (Å²) in [4.78, 5) is 29.2. The standard InChI is InChI=1S/C17H23N3O5/c1-10(2)12-8-15(25-20-12)17(22)18-11-5-6-14(24-4)13(7-11)19-16(21)9-23-3/h5-7,10,15H,8-9H2,1-4H3,(H,18,22)(H,19,21). The molecule has 0 saturated heterocycles. The van der Waals surface area contributed by atoms with Crippen LogP contribution in [0.4, 0.5) is 11.4 Å². The molecule has 25 heavy (non-hydrogen) atoms. The summed E-state index contributed by atoms with van der Waals surface area (Å²) in [7, 11) is 2.93. The van der Waals surface area contributed by atoms with Crippen molar-refractivity contribution in [1.29, 1.82) is 0 Å². The fourth-order valence-corrected chi connectivity index (χ4v) is 2.30. The van der Waals surface area contributed by atoms with Gasteiger partial charge in [0.05, 0.1) is 18.5 Å². The fourth-order valence-electron chi connectivity index (χ4n) is 2.30. The van der Waals surface area contributed by atoms with Crippen LogP contribution in [0.2, 0.25) is 0 Å². The molecule has 136 valence electrons. The van der Waals surface area contributed by atoms with Gasteiger partial charge in [-0.05, 0) is 24.1 Å². The molecule has 1 aliphatic rings. The first-order valence-corrected chi connectivity index (χ1v) is 7.94. The summed E-state index contributed by atoms with van der Waals surface area (Å²) in [5.74, 6) is 0.100. The Morgan fingerprint density at radius 2 is 2.08 bits per heavy atom. The van der Waals surface area contributed by atoms with Crippen LogP contribution < -0.4 is 15.4 Å². The minimum atomic E-state index is -0.647. The molecular weight excluding hydrogens is 326 g/mol. The topological polar surface area (TPSA) is 98.3 Å². The van der Waals surface area contributed by atoms with Gasteiger partial charge in [0.1, 0.15) is 12.4 Å². The molecule has 0 aromatic heterocycles. The molecule has 2 rings (SSSR count). The smallest absolute Gasteiger partial charge is 0.268 e. The van der Waals surface area contributed by atoms with E-state index in [-0.39, 0.29) is 24.3 Å². The van der Waals surface area contributed by atoms with Gasteiger partial charge in [0.2, 0.25) is 12.0 Å². The van der Waals surface area contributed by atoms with Crippen molar-refractivity contribution in [1.82, 2.24) is 0 Å². The third-order valence-corrected chi connectivity index (χ3v) is 3.67. The van der Waals surface area contributed by atoms with E-state index in [4.69, 9.17) is 14.3 Å². The molecule has 1 unspecified atom stereocenters. The van der Waals surface area contributed by atoms with Crippen molar-refractivity contribution in [3.05, 3.63) is 18.2 Å². The first-order valence-electron chi connectivity index (χ1n) is 7.94. The summed E-state index contributed by atoms with van der Waals surface area (Å²) >= 11 is 0. The number of hydrogen-bond donors (Lipinski definition) is 2. The van der Waals surface area contributed by atoms with Crippen LogP contribution in [0.15, 0.2) is 23.4 Å². The van der Waals surface area contributed by atoms with Crippen molar-refractivity contribution in [2.75, 3.05) is 31.5 Å². The Kier molecular flexibility index (Phi) is 6.35. The Bertz CT molecular complexity index is 672. The van der Waals surface area contributed by atoms with E-state index >= 15 is 0 Å². The summed E-state index contributed by atoms with van der Waals surface area (Å²) in [6, 6.07) is 4.95. The summed E-state index contributed by atoms with van der Waals surface area (Å²) in [6.45, 7) is 3.92. The molecule has 0 fully saturated rings. The van der Waals surface area contributed by atoms with Gasteiger partial charge >= 0.3 is 0 Å². The number of oxime groups is 1. The van der Waals surface area contributed by atoms with Crippen LogP contribution in [0.1, 0.15) is 20.3 Å². The molecule has 8 heteroatoms. The highest BCUT2D eigenvalue weighted by atomic mass is 16.6. The number of methoxy groups -OCH3 is 2. The van der Waals surface area contributed by atoms with E-state index in [9.17, 15) is 9.59 Å². The lowest BCUT2D eigenvalue weighted by atomic mass is 10.0. The van der Waals surface area contributed by atoms with Gasteiger partial charge < -0.3 is 24.9 Å². The lowest BCUT2D eigenvalue weighted by Gasteiger charge is -2.14. The number of carbonyl (C=O) groups excluding carboxylic acids is 2. The summed E-state index contributed by atoms with van der Waals surface area (Å²) in [6.07, 6.45) is -0.178. The fraction of sp³-hybridized carbons (Fsp3) is 0.471. The van der Waals surface area contributed by atoms with Gasteiger partial charge in [-0.3, -0.25) is 9.59 Å². The molecule has 2 N–H and O–H groups in total. The van der Waals surface area contributed by atoms with Gasteiger partial charge in [0.25, 0.3) is 5.91 Å². The molecule has 0 saturated carbocycles. The zero-order valence-electron chi connectivity index (χ0n) is 14.8. The van der Waals surface area contributed by atoms with E-state index in [0.29, 0.717) is 23.5 Å². The van der Waals surface area contributed by atoms with Crippen LogP contribution in [0, 0.1) is 5.92 Å². The second-order valence-electron chi connectivity index (χ2n) is 5.92. The van der Waals surface area contributed by atoms with E-state index in [1.165, 1.54) is 14.2 Å². The van der Waals surface area contributed by atoms with Crippen LogP contribution in [0.5, 0.6) is 5.75 Å². The maximum absolute atomic E-state index is 12.3. The van der Waals surface area contributed by atoms with E-state index in [1.54, 1.807) is 18.2 Å². The van der Waals surface area contributed by atoms with Crippen LogP contribution >= 0.6 is 0 Å². The molecule has 1 aromatic carbocycles. The van der Waals surface area contributed by atoms with Gasteiger partial charge in [-0.2, -0.15) is 0 Å². The number of hydrogen-bond acceptors (Lipinski definition) is 6. The molecular formula is C17H23N3O5. The van der Waals surface area contributed by atoms with Crippen molar-refractivity contribution >= 4 is 28.9 Å². The zero-order chi connectivity index (χ0) is 18.4. The van der Waals surface area contributed by atoms with Crippen molar-refractivity contribution in [3.8, 4) is 5.75 Å². The van der Waals surface area contributed by atoms with Crippen LogP contribution in [0.3, 0.4) is 0 Å². The van der Waals surface area contributed by atoms with E-state index in [1.807, 2.05) is 13.8 Å². The molecule has 1 aliphatic heterocycles. The summed E-state index contributed by atoms with van der Waals surface area (Å²) < 4.78 is 10.0. The maximum atomic E-state index is 12.3. The first kappa shape index (κ1) is 18.7. The predicted octanol–water partition coefficient (Wildman–Crippen LogP) is 2.02. The second kappa shape index (κ2) is 8.48. The highest BCUT2D eigenvalue weighted by Crippen LogP contribution is 2.28. The maximum Gasteiger partial charge on any atom is 0.268 e. The quantitative estimate of drug-likeness (QED) is 0.785. The number of ether oxygens (including phenoxy) is 2. The molecule has 0 spiro atoms. The van der Waals surface area contributed by atoms with E-state index in [0.717, 1.165) is 5.71 Å². The molecule has 0 radical (unpaired) electrons. The third-order valence-electron chi connectivity index (χ3n) is 3.67. The number of rotatable bonds is 7. The molecule has 1 heterocycles. The molecule has 8 nitrogen and oxygen atoms in total. The Morgan fingerprint density at radius 3 is 2.68 bits per heavy atom. The lowest BCUT2D eigenvalue weighted by Crippen LogP contribution is -2.28. The van der Waals surface area contributed by atoms with Crippen LogP contribution in [0.25, 0.3) is 0 Å². The van der Waals surface area contributed by atoms with Crippen molar-refractivity contribution in [3.63, 3.8) is 0 Å². The zero-order valence-corrected chi connectivity index (χ0v) is 14.8. The Hall–Kier alpha value is -2.61. The highest BCUT2D eigenvalue weighted by Gasteiger charge is 2.29. The number of anilines is 2. The minimum absolute atomic E-state index is 0.0784. The Morgan fingerprint density at radius 1 is 1.32 bits per heavy atom. The molecule has 1 aromatic rings. The molecule has 1 atom stereocenters. The normalized spacial score (nSPS) is 16.2. The van der Waals surface area contributed by atoms with Crippen molar-refractivity contribution in [2.24, 2.45) is 11.1 Å². The highest BCUT2D eigenvalue weighted by molar-refractivity contribution is 6.00. The largest absolute Gasteiger partial charge is 0.495 e. The number of nitrogens with zero attached hydrogens (tertiary/aromatic N) is 1. The SMILES string of the molecule is COCC(=O)Nc1cc(NC(=O)C2CC(C(C)C)=NO2)ccc1OC. The summed E-state index contributed by atoms with van der Waals surface area (Å²) in [5, 5.41) is 9.39.